The van der Waals surface area contributed by atoms with Crippen LogP contribution in [0, 0.1) is 0 Å². The van der Waals surface area contributed by atoms with E-state index in [4.69, 9.17) is 13.9 Å². The predicted molar refractivity (Wildman–Crippen MR) is 116 cm³/mol. The molecule has 156 valence electrons. The molecule has 0 saturated heterocycles. The molecule has 2 heterocycles. The number of nitrogens with one attached hydrogen (secondary N) is 1. The van der Waals surface area contributed by atoms with Crippen molar-refractivity contribution in [2.45, 2.75) is 19.6 Å². The zero-order valence-corrected chi connectivity index (χ0v) is 17.4. The summed E-state index contributed by atoms with van der Waals surface area (Å²) in [5, 5.41) is 3.57. The van der Waals surface area contributed by atoms with E-state index in [9.17, 15) is 9.59 Å². The standard InChI is InChI=1S/C23H24N2O5/c1-5-25(6-2)16-9-7-15-11-17(21(26)30-20(15)13-16)14-8-10-19-18(12-14)23(28-3,29-4)22(27)24-19/h7-13H,5-6H2,1-4H3,(H,24,27). The number of rotatable bonds is 6. The molecule has 3 aromatic rings. The molecule has 0 bridgehead atoms. The molecule has 1 aromatic heterocycles. The van der Waals surface area contributed by atoms with Crippen molar-refractivity contribution in [1.29, 1.82) is 0 Å². The van der Waals surface area contributed by atoms with E-state index in [1.807, 2.05) is 18.2 Å². The highest BCUT2D eigenvalue weighted by Gasteiger charge is 2.48. The van der Waals surface area contributed by atoms with Crippen LogP contribution in [0.5, 0.6) is 0 Å². The second-order valence-corrected chi connectivity index (χ2v) is 7.08. The van der Waals surface area contributed by atoms with E-state index in [0.717, 1.165) is 24.2 Å². The average molecular weight is 408 g/mol. The van der Waals surface area contributed by atoms with E-state index in [-0.39, 0.29) is 0 Å². The number of hydrogen-bond donors (Lipinski definition) is 1. The number of carbonyl (C=O) groups excluding carboxylic acids is 1. The summed E-state index contributed by atoms with van der Waals surface area (Å²) in [6.45, 7) is 5.90. The van der Waals surface area contributed by atoms with Gasteiger partial charge in [0.15, 0.2) is 0 Å². The first-order valence-corrected chi connectivity index (χ1v) is 9.86. The maximum Gasteiger partial charge on any atom is 0.344 e. The summed E-state index contributed by atoms with van der Waals surface area (Å²) < 4.78 is 16.4. The maximum absolute atomic E-state index is 12.8. The Labute approximate surface area is 174 Å². The van der Waals surface area contributed by atoms with E-state index < -0.39 is 17.3 Å². The summed E-state index contributed by atoms with van der Waals surface area (Å²) in [6, 6.07) is 12.9. The molecule has 0 aliphatic carbocycles. The highest BCUT2D eigenvalue weighted by molar-refractivity contribution is 6.04. The lowest BCUT2D eigenvalue weighted by Crippen LogP contribution is -2.38. The molecule has 0 spiro atoms. The van der Waals surface area contributed by atoms with Crippen LogP contribution in [0.1, 0.15) is 19.4 Å². The number of nitrogens with zero attached hydrogens (tertiary/aromatic N) is 1. The number of amides is 1. The van der Waals surface area contributed by atoms with Gasteiger partial charge in [0.1, 0.15) is 5.58 Å². The number of benzene rings is 2. The molecule has 1 aliphatic heterocycles. The molecule has 4 rings (SSSR count). The van der Waals surface area contributed by atoms with Crippen LogP contribution in [-0.4, -0.2) is 33.2 Å². The molecule has 1 aliphatic rings. The number of methoxy groups -OCH3 is 2. The van der Waals surface area contributed by atoms with Gasteiger partial charge in [-0.05, 0) is 49.7 Å². The smallest absolute Gasteiger partial charge is 0.344 e. The normalized spacial score (nSPS) is 14.6. The summed E-state index contributed by atoms with van der Waals surface area (Å²) in [5.41, 5.74) is 3.23. The lowest BCUT2D eigenvalue weighted by molar-refractivity contribution is -0.207. The van der Waals surface area contributed by atoms with E-state index in [1.54, 1.807) is 24.3 Å². The highest BCUT2D eigenvalue weighted by atomic mass is 16.7. The molecule has 7 heteroatoms. The molecule has 7 nitrogen and oxygen atoms in total. The first-order valence-electron chi connectivity index (χ1n) is 9.86. The first-order chi connectivity index (χ1) is 14.5. The lowest BCUT2D eigenvalue weighted by atomic mass is 9.99. The Balaban J connectivity index is 1.82. The van der Waals surface area contributed by atoms with Crippen LogP contribution in [0.25, 0.3) is 22.1 Å². The van der Waals surface area contributed by atoms with Crippen LogP contribution in [0.15, 0.2) is 51.7 Å². The van der Waals surface area contributed by atoms with E-state index in [0.29, 0.717) is 28.0 Å². The molecular weight excluding hydrogens is 384 g/mol. The summed E-state index contributed by atoms with van der Waals surface area (Å²) in [6.07, 6.45) is 0. The van der Waals surface area contributed by atoms with Crippen molar-refractivity contribution in [2.75, 3.05) is 37.5 Å². The topological polar surface area (TPSA) is 81.0 Å². The van der Waals surface area contributed by atoms with Crippen LogP contribution in [0.4, 0.5) is 11.4 Å². The fraction of sp³-hybridized carbons (Fsp3) is 0.304. The van der Waals surface area contributed by atoms with Crippen molar-refractivity contribution in [1.82, 2.24) is 0 Å². The van der Waals surface area contributed by atoms with Crippen LogP contribution >= 0.6 is 0 Å². The van der Waals surface area contributed by atoms with Crippen LogP contribution in [-0.2, 0) is 20.1 Å². The van der Waals surface area contributed by atoms with Gasteiger partial charge in [0.2, 0.25) is 0 Å². The summed E-state index contributed by atoms with van der Waals surface area (Å²) in [5.74, 6) is -1.95. The minimum absolute atomic E-state index is 0.404. The van der Waals surface area contributed by atoms with Gasteiger partial charge in [-0.2, -0.15) is 0 Å². The first kappa shape index (κ1) is 20.1. The number of ether oxygens (including phenoxy) is 2. The summed E-state index contributed by atoms with van der Waals surface area (Å²) in [7, 11) is 2.81. The molecule has 0 atom stereocenters. The van der Waals surface area contributed by atoms with Gasteiger partial charge in [-0.1, -0.05) is 6.07 Å². The van der Waals surface area contributed by atoms with Crippen LogP contribution in [0.3, 0.4) is 0 Å². The van der Waals surface area contributed by atoms with Gasteiger partial charge >= 0.3 is 5.63 Å². The van der Waals surface area contributed by atoms with Crippen LogP contribution < -0.4 is 15.8 Å². The molecule has 0 radical (unpaired) electrons. The number of carbonyl (C=O) groups is 1. The monoisotopic (exact) mass is 408 g/mol. The van der Waals surface area contributed by atoms with E-state index in [1.165, 1.54) is 14.2 Å². The van der Waals surface area contributed by atoms with Gasteiger partial charge in [-0.25, -0.2) is 4.79 Å². The zero-order chi connectivity index (χ0) is 21.5. The third kappa shape index (κ3) is 2.98. The quantitative estimate of drug-likeness (QED) is 0.495. The second kappa shape index (κ2) is 7.59. The van der Waals surface area contributed by atoms with Crippen molar-refractivity contribution in [3.63, 3.8) is 0 Å². The fourth-order valence-electron chi connectivity index (χ4n) is 4.00. The van der Waals surface area contributed by atoms with Gasteiger partial charge in [0.05, 0.1) is 11.3 Å². The third-order valence-electron chi connectivity index (χ3n) is 5.66. The van der Waals surface area contributed by atoms with Gasteiger partial charge in [-0.3, -0.25) is 4.79 Å². The Morgan fingerprint density at radius 3 is 2.40 bits per heavy atom. The average Bonchev–Trinajstić information content (AvgIpc) is 3.04. The molecule has 1 amide bonds. The second-order valence-electron chi connectivity index (χ2n) is 7.08. The maximum atomic E-state index is 12.8. The van der Waals surface area contributed by atoms with Crippen molar-refractivity contribution in [3.05, 3.63) is 58.4 Å². The highest BCUT2D eigenvalue weighted by Crippen LogP contribution is 2.41. The lowest BCUT2D eigenvalue weighted by Gasteiger charge is -2.23. The third-order valence-corrected chi connectivity index (χ3v) is 5.66. The van der Waals surface area contributed by atoms with Gasteiger partial charge in [0.25, 0.3) is 11.7 Å². The molecule has 0 fully saturated rings. The predicted octanol–water partition coefficient (Wildman–Crippen LogP) is 3.70. The van der Waals surface area contributed by atoms with Crippen LogP contribution in [0.2, 0.25) is 0 Å². The minimum atomic E-state index is -1.54. The molecule has 2 aromatic carbocycles. The van der Waals surface area contributed by atoms with E-state index >= 15 is 0 Å². The Bertz CT molecular complexity index is 1180. The van der Waals surface area contributed by atoms with Crippen molar-refractivity contribution >= 4 is 28.3 Å². The Kier molecular flexibility index (Phi) is 5.09. The summed E-state index contributed by atoms with van der Waals surface area (Å²) >= 11 is 0. The van der Waals surface area contributed by atoms with Crippen molar-refractivity contribution in [3.8, 4) is 11.1 Å². The van der Waals surface area contributed by atoms with Gasteiger partial charge in [-0.15, -0.1) is 0 Å². The molecule has 1 N–H and O–H groups in total. The van der Waals surface area contributed by atoms with Gasteiger partial charge in [0, 0.05) is 50.0 Å². The fourth-order valence-corrected chi connectivity index (χ4v) is 4.00. The minimum Gasteiger partial charge on any atom is -0.422 e. The largest absolute Gasteiger partial charge is 0.422 e. The molecular formula is C23H24N2O5. The summed E-state index contributed by atoms with van der Waals surface area (Å²) in [4.78, 5) is 27.4. The van der Waals surface area contributed by atoms with Crippen molar-refractivity contribution < 1.29 is 18.7 Å². The SMILES string of the molecule is CCN(CC)c1ccc2cc(-c3ccc4c(c3)C(OC)(OC)C(=O)N4)c(=O)oc2c1. The molecule has 0 saturated carbocycles. The van der Waals surface area contributed by atoms with Crippen molar-refractivity contribution in [2.24, 2.45) is 0 Å². The Hall–Kier alpha value is -3.16. The zero-order valence-electron chi connectivity index (χ0n) is 17.4. The number of anilines is 2. The molecule has 30 heavy (non-hydrogen) atoms. The molecule has 0 unspecified atom stereocenters. The Morgan fingerprint density at radius 1 is 1.00 bits per heavy atom. The number of hydrogen-bond acceptors (Lipinski definition) is 6. The number of fused-ring (bicyclic) bond motifs is 2. The Morgan fingerprint density at radius 2 is 1.73 bits per heavy atom. The van der Waals surface area contributed by atoms with Gasteiger partial charge < -0.3 is 24.1 Å². The van der Waals surface area contributed by atoms with E-state index in [2.05, 4.69) is 24.1 Å².